The summed E-state index contributed by atoms with van der Waals surface area (Å²) < 4.78 is 0. The minimum atomic E-state index is 0. The van der Waals surface area contributed by atoms with Crippen molar-refractivity contribution in [2.75, 3.05) is 40.3 Å². The Morgan fingerprint density at radius 1 is 1.28 bits per heavy atom. The summed E-state index contributed by atoms with van der Waals surface area (Å²) in [5, 5.41) is 7.11. The van der Waals surface area contributed by atoms with Crippen molar-refractivity contribution in [1.82, 2.24) is 25.4 Å². The van der Waals surface area contributed by atoms with Gasteiger partial charge in [0.15, 0.2) is 5.96 Å². The van der Waals surface area contributed by atoms with Gasteiger partial charge in [-0.15, -0.1) is 24.0 Å². The van der Waals surface area contributed by atoms with Crippen LogP contribution in [0, 0.1) is 5.92 Å². The highest BCUT2D eigenvalue weighted by molar-refractivity contribution is 14.0. The number of hydrogen-bond acceptors (Lipinski definition) is 4. The Morgan fingerprint density at radius 3 is 2.62 bits per heavy atom. The van der Waals surface area contributed by atoms with Crippen LogP contribution in [0.15, 0.2) is 29.4 Å². The van der Waals surface area contributed by atoms with E-state index >= 15 is 0 Å². The molecule has 1 atom stereocenters. The number of carbonyl (C=O) groups is 1. The molecule has 1 aromatic rings. The summed E-state index contributed by atoms with van der Waals surface area (Å²) in [6.45, 7) is 8.53. The molecule has 2 N–H and O–H groups in total. The first-order valence-electron chi connectivity index (χ1n) is 11.9. The van der Waals surface area contributed by atoms with Gasteiger partial charge in [-0.1, -0.05) is 39.2 Å². The fourth-order valence-electron chi connectivity index (χ4n) is 3.77. The Bertz CT molecular complexity index is 662. The molecule has 1 aromatic heterocycles. The zero-order valence-corrected chi connectivity index (χ0v) is 22.7. The minimum Gasteiger partial charge on any atom is -0.356 e. The summed E-state index contributed by atoms with van der Waals surface area (Å²) in [6.07, 6.45) is 8.85. The molecule has 32 heavy (non-hydrogen) atoms. The molecular formula is C24H43IN6O. The largest absolute Gasteiger partial charge is 0.356 e. The first-order valence-corrected chi connectivity index (χ1v) is 11.9. The molecule has 2 rings (SSSR count). The Labute approximate surface area is 211 Å². The average molecular weight is 559 g/mol. The van der Waals surface area contributed by atoms with E-state index in [2.05, 4.69) is 45.4 Å². The van der Waals surface area contributed by atoms with Gasteiger partial charge < -0.3 is 15.5 Å². The van der Waals surface area contributed by atoms with Crippen LogP contribution < -0.4 is 10.6 Å². The second-order valence-electron chi connectivity index (χ2n) is 8.77. The molecule has 0 aromatic carbocycles. The molecular weight excluding hydrogens is 515 g/mol. The first-order chi connectivity index (χ1) is 15.0. The van der Waals surface area contributed by atoms with Crippen molar-refractivity contribution in [1.29, 1.82) is 0 Å². The zero-order chi connectivity index (χ0) is 22.5. The number of amides is 1. The number of rotatable bonds is 11. The summed E-state index contributed by atoms with van der Waals surface area (Å²) in [6, 6.07) is 6.46. The molecule has 0 spiro atoms. The third-order valence-corrected chi connectivity index (χ3v) is 6.01. The number of guanidine groups is 1. The fraction of sp³-hybridized carbons (Fsp3) is 0.708. The molecule has 8 heteroatoms. The van der Waals surface area contributed by atoms with Crippen molar-refractivity contribution >= 4 is 35.8 Å². The Balaban J connectivity index is 0.00000512. The van der Waals surface area contributed by atoms with E-state index in [0.717, 1.165) is 57.1 Å². The van der Waals surface area contributed by atoms with Gasteiger partial charge in [-0.25, -0.2) is 4.99 Å². The molecule has 7 nitrogen and oxygen atoms in total. The molecule has 1 saturated heterocycles. The van der Waals surface area contributed by atoms with Crippen molar-refractivity contribution in [3.8, 4) is 0 Å². The number of hydrogen-bond donors (Lipinski definition) is 2. The summed E-state index contributed by atoms with van der Waals surface area (Å²) in [4.78, 5) is 25.1. The molecule has 0 radical (unpaired) electrons. The number of carbonyl (C=O) groups excluding carboxylic acids is 1. The Morgan fingerprint density at radius 2 is 2.03 bits per heavy atom. The van der Waals surface area contributed by atoms with Gasteiger partial charge >= 0.3 is 0 Å². The van der Waals surface area contributed by atoms with Gasteiger partial charge in [0.1, 0.15) is 6.54 Å². The van der Waals surface area contributed by atoms with E-state index in [-0.39, 0.29) is 36.4 Å². The van der Waals surface area contributed by atoms with Gasteiger partial charge in [-0.05, 0) is 37.3 Å². The Kier molecular flexibility index (Phi) is 14.5. The summed E-state index contributed by atoms with van der Waals surface area (Å²) in [7, 11) is 3.54. The van der Waals surface area contributed by atoms with Gasteiger partial charge in [0.05, 0.1) is 5.69 Å². The second-order valence-corrected chi connectivity index (χ2v) is 8.77. The number of pyridine rings is 1. The summed E-state index contributed by atoms with van der Waals surface area (Å²) >= 11 is 0. The van der Waals surface area contributed by atoms with Crippen LogP contribution in [0.25, 0.3) is 0 Å². The maximum Gasteiger partial charge on any atom is 0.243 e. The predicted molar refractivity (Wildman–Crippen MR) is 143 cm³/mol. The lowest BCUT2D eigenvalue weighted by Gasteiger charge is -2.33. The molecule has 1 aliphatic heterocycles. The number of piperidine rings is 1. The summed E-state index contributed by atoms with van der Waals surface area (Å²) in [5.74, 6) is 1.43. The van der Waals surface area contributed by atoms with Gasteiger partial charge in [0, 0.05) is 52.5 Å². The highest BCUT2D eigenvalue weighted by Gasteiger charge is 2.21. The number of likely N-dealkylation sites (N-methyl/N-ethyl adjacent to an activating group) is 1. The third kappa shape index (κ3) is 10.9. The predicted octanol–water partition coefficient (Wildman–Crippen LogP) is 3.50. The van der Waals surface area contributed by atoms with Crippen molar-refractivity contribution in [3.05, 3.63) is 30.1 Å². The number of nitrogens with zero attached hydrogens (tertiary/aromatic N) is 4. The lowest BCUT2D eigenvalue weighted by Crippen LogP contribution is -2.49. The van der Waals surface area contributed by atoms with E-state index in [1.54, 1.807) is 19.0 Å². The molecule has 1 unspecified atom stereocenters. The van der Waals surface area contributed by atoms with Crippen LogP contribution in [0.5, 0.6) is 0 Å². The molecule has 1 aliphatic rings. The highest BCUT2D eigenvalue weighted by Crippen LogP contribution is 2.14. The van der Waals surface area contributed by atoms with Crippen LogP contribution in [0.1, 0.15) is 58.1 Å². The normalized spacial score (nSPS) is 16.2. The SMILES string of the molecule is CCCCC(CC)CNC(=NCC(=O)N(C)C)NC1CCN(Cc2ccccn2)CC1.I. The summed E-state index contributed by atoms with van der Waals surface area (Å²) in [5.41, 5.74) is 1.12. The fourth-order valence-corrected chi connectivity index (χ4v) is 3.77. The smallest absolute Gasteiger partial charge is 0.243 e. The highest BCUT2D eigenvalue weighted by atomic mass is 127. The van der Waals surface area contributed by atoms with Crippen LogP contribution >= 0.6 is 24.0 Å². The van der Waals surface area contributed by atoms with Crippen LogP contribution in [-0.4, -0.2) is 73.0 Å². The van der Waals surface area contributed by atoms with Crippen LogP contribution in [0.3, 0.4) is 0 Å². The standard InChI is InChI=1S/C24H42N6O.HI/c1-5-7-10-20(6-2)17-26-24(27-18-23(31)29(3)4)28-21-12-15-30(16-13-21)19-22-11-8-9-14-25-22;/h8-9,11,14,20-21H,5-7,10,12-13,15-19H2,1-4H3,(H2,26,27,28);1H. The molecule has 0 bridgehead atoms. The number of aliphatic imine (C=N–C) groups is 1. The number of unbranched alkanes of at least 4 members (excludes halogenated alkanes) is 1. The first kappa shape index (κ1) is 28.6. The molecule has 1 fully saturated rings. The van der Waals surface area contributed by atoms with Crippen LogP contribution in [-0.2, 0) is 11.3 Å². The number of halogens is 1. The molecule has 0 saturated carbocycles. The monoisotopic (exact) mass is 558 g/mol. The van der Waals surface area contributed by atoms with Gasteiger partial charge in [0.25, 0.3) is 0 Å². The van der Waals surface area contributed by atoms with E-state index in [1.807, 2.05) is 18.3 Å². The second kappa shape index (κ2) is 16.2. The van der Waals surface area contributed by atoms with Crippen molar-refractivity contribution in [2.45, 2.75) is 65.0 Å². The van der Waals surface area contributed by atoms with E-state index < -0.39 is 0 Å². The number of nitrogens with one attached hydrogen (secondary N) is 2. The van der Waals surface area contributed by atoms with E-state index in [1.165, 1.54) is 19.3 Å². The molecule has 1 amide bonds. The molecule has 2 heterocycles. The third-order valence-electron chi connectivity index (χ3n) is 6.01. The van der Waals surface area contributed by atoms with Crippen LogP contribution in [0.2, 0.25) is 0 Å². The quantitative estimate of drug-likeness (QED) is 0.247. The number of aromatic nitrogens is 1. The Hall–Kier alpha value is -1.42. The van der Waals surface area contributed by atoms with Gasteiger partial charge in [0.2, 0.25) is 5.91 Å². The topological polar surface area (TPSA) is 72.9 Å². The lowest BCUT2D eigenvalue weighted by molar-refractivity contribution is -0.127. The van der Waals surface area contributed by atoms with E-state index in [0.29, 0.717) is 12.0 Å². The molecule has 182 valence electrons. The van der Waals surface area contributed by atoms with Gasteiger partial charge in [-0.2, -0.15) is 0 Å². The van der Waals surface area contributed by atoms with Crippen LogP contribution in [0.4, 0.5) is 0 Å². The number of likely N-dealkylation sites (tertiary alicyclic amines) is 1. The van der Waals surface area contributed by atoms with E-state index in [9.17, 15) is 4.79 Å². The molecule has 0 aliphatic carbocycles. The van der Waals surface area contributed by atoms with Crippen molar-refractivity contribution in [2.24, 2.45) is 10.9 Å². The maximum absolute atomic E-state index is 12.0. The lowest BCUT2D eigenvalue weighted by atomic mass is 9.99. The zero-order valence-electron chi connectivity index (χ0n) is 20.3. The van der Waals surface area contributed by atoms with Crippen molar-refractivity contribution < 1.29 is 4.79 Å². The van der Waals surface area contributed by atoms with E-state index in [4.69, 9.17) is 0 Å². The van der Waals surface area contributed by atoms with Gasteiger partial charge in [-0.3, -0.25) is 14.7 Å². The van der Waals surface area contributed by atoms with Crippen molar-refractivity contribution in [3.63, 3.8) is 0 Å². The average Bonchev–Trinajstić information content (AvgIpc) is 2.79. The minimum absolute atomic E-state index is 0. The maximum atomic E-state index is 12.0.